The van der Waals surface area contributed by atoms with Crippen molar-refractivity contribution in [2.75, 3.05) is 38.6 Å². The highest BCUT2D eigenvalue weighted by atomic mass is 32.2. The summed E-state index contributed by atoms with van der Waals surface area (Å²) in [4.78, 5) is 14.6. The molecule has 0 amide bonds. The maximum Gasteiger partial charge on any atom is 0.269 e. The second kappa shape index (κ2) is 8.89. The Morgan fingerprint density at radius 2 is 1.66 bits per heavy atom. The summed E-state index contributed by atoms with van der Waals surface area (Å²) in [6.07, 6.45) is 2.20. The van der Waals surface area contributed by atoms with Crippen LogP contribution in [0.3, 0.4) is 0 Å². The number of sulfonamides is 1. The van der Waals surface area contributed by atoms with Gasteiger partial charge in [-0.2, -0.15) is 0 Å². The molecule has 0 aromatic heterocycles. The molecule has 156 valence electrons. The van der Waals surface area contributed by atoms with Gasteiger partial charge in [-0.15, -0.1) is 0 Å². The van der Waals surface area contributed by atoms with Crippen molar-refractivity contribution < 1.29 is 13.3 Å². The number of nitrogens with zero attached hydrogens (tertiary/aromatic N) is 3. The molecule has 1 aliphatic rings. The molecule has 29 heavy (non-hydrogen) atoms. The lowest BCUT2D eigenvalue weighted by Crippen LogP contribution is -2.36. The van der Waals surface area contributed by atoms with E-state index in [0.717, 1.165) is 37.2 Å². The molecule has 8 nitrogen and oxygen atoms in total. The third-order valence-electron chi connectivity index (χ3n) is 5.20. The van der Waals surface area contributed by atoms with Crippen LogP contribution in [0, 0.1) is 10.1 Å². The first kappa shape index (κ1) is 21.2. The van der Waals surface area contributed by atoms with Crippen molar-refractivity contribution in [3.05, 3.63) is 64.2 Å². The Morgan fingerprint density at radius 3 is 2.17 bits per heavy atom. The Hall–Kier alpha value is -2.49. The van der Waals surface area contributed by atoms with Gasteiger partial charge in [-0.05, 0) is 55.8 Å². The van der Waals surface area contributed by atoms with Crippen molar-refractivity contribution in [3.63, 3.8) is 0 Å². The van der Waals surface area contributed by atoms with Crippen molar-refractivity contribution in [2.45, 2.75) is 23.8 Å². The van der Waals surface area contributed by atoms with Crippen LogP contribution in [0.2, 0.25) is 0 Å². The highest BCUT2D eigenvalue weighted by molar-refractivity contribution is 7.89. The molecule has 0 radical (unpaired) electrons. The Morgan fingerprint density at radius 1 is 1.07 bits per heavy atom. The van der Waals surface area contributed by atoms with E-state index in [9.17, 15) is 18.5 Å². The maximum atomic E-state index is 12.7. The lowest BCUT2D eigenvalue weighted by Gasteiger charge is -2.28. The summed E-state index contributed by atoms with van der Waals surface area (Å²) in [7, 11) is 0.190. The number of anilines is 1. The topological polar surface area (TPSA) is 95.8 Å². The number of hydrogen-bond donors (Lipinski definition) is 1. The molecule has 1 heterocycles. The zero-order chi connectivity index (χ0) is 21.0. The fourth-order valence-electron chi connectivity index (χ4n) is 3.52. The van der Waals surface area contributed by atoms with Crippen molar-refractivity contribution >= 4 is 21.4 Å². The van der Waals surface area contributed by atoms with E-state index in [1.807, 2.05) is 43.3 Å². The van der Waals surface area contributed by atoms with Gasteiger partial charge in [0, 0.05) is 44.5 Å². The van der Waals surface area contributed by atoms with Crippen LogP contribution in [0.4, 0.5) is 11.4 Å². The predicted octanol–water partition coefficient (Wildman–Crippen LogP) is 2.78. The molecule has 0 aliphatic carbocycles. The summed E-state index contributed by atoms with van der Waals surface area (Å²) in [5.41, 5.74) is 2.00. The fourth-order valence-corrected chi connectivity index (χ4v) is 4.56. The van der Waals surface area contributed by atoms with Gasteiger partial charge in [0.05, 0.1) is 9.82 Å². The van der Waals surface area contributed by atoms with Gasteiger partial charge in [-0.3, -0.25) is 15.0 Å². The number of hydrogen-bond acceptors (Lipinski definition) is 6. The third-order valence-corrected chi connectivity index (χ3v) is 6.64. The van der Waals surface area contributed by atoms with Crippen molar-refractivity contribution in [1.82, 2.24) is 9.62 Å². The second-order valence-corrected chi connectivity index (χ2v) is 9.11. The second-order valence-electron chi connectivity index (χ2n) is 7.35. The number of likely N-dealkylation sites (tertiary alicyclic amines) is 1. The van der Waals surface area contributed by atoms with Crippen LogP contribution in [-0.2, 0) is 10.0 Å². The molecule has 1 atom stereocenters. The predicted molar refractivity (Wildman–Crippen MR) is 113 cm³/mol. The van der Waals surface area contributed by atoms with Gasteiger partial charge in [0.15, 0.2) is 0 Å². The first-order chi connectivity index (χ1) is 13.8. The Balaban J connectivity index is 1.78. The van der Waals surface area contributed by atoms with Gasteiger partial charge in [0.1, 0.15) is 0 Å². The van der Waals surface area contributed by atoms with Gasteiger partial charge in [-0.1, -0.05) is 12.1 Å². The largest absolute Gasteiger partial charge is 0.378 e. The number of nitro groups is 1. The van der Waals surface area contributed by atoms with Crippen LogP contribution in [-0.4, -0.2) is 52.0 Å². The normalized spacial score (nSPS) is 15.9. The minimum Gasteiger partial charge on any atom is -0.378 e. The summed E-state index contributed by atoms with van der Waals surface area (Å²) in [6.45, 7) is 2.10. The van der Waals surface area contributed by atoms with E-state index >= 15 is 0 Å². The van der Waals surface area contributed by atoms with E-state index in [-0.39, 0.29) is 23.2 Å². The molecule has 0 unspecified atom stereocenters. The summed E-state index contributed by atoms with van der Waals surface area (Å²) < 4.78 is 28.1. The molecule has 0 saturated carbocycles. The van der Waals surface area contributed by atoms with Crippen LogP contribution in [0.15, 0.2) is 53.4 Å². The zero-order valence-corrected chi connectivity index (χ0v) is 17.4. The number of rotatable bonds is 8. The van der Waals surface area contributed by atoms with Gasteiger partial charge in [-0.25, -0.2) is 13.1 Å². The molecule has 0 bridgehead atoms. The van der Waals surface area contributed by atoms with E-state index in [2.05, 4.69) is 9.62 Å². The maximum absolute atomic E-state index is 12.7. The zero-order valence-electron chi connectivity index (χ0n) is 16.6. The van der Waals surface area contributed by atoms with E-state index in [1.54, 1.807) is 0 Å². The fraction of sp³-hybridized carbons (Fsp3) is 0.400. The minimum atomic E-state index is -3.76. The lowest BCUT2D eigenvalue weighted by atomic mass is 10.1. The summed E-state index contributed by atoms with van der Waals surface area (Å²) in [5, 5.41) is 10.8. The van der Waals surface area contributed by atoms with E-state index in [4.69, 9.17) is 0 Å². The monoisotopic (exact) mass is 418 g/mol. The molecule has 3 rings (SSSR count). The Kier molecular flexibility index (Phi) is 6.51. The van der Waals surface area contributed by atoms with Gasteiger partial charge < -0.3 is 4.90 Å². The molecule has 1 fully saturated rings. The average Bonchev–Trinajstić information content (AvgIpc) is 3.23. The number of nitrogens with one attached hydrogen (secondary N) is 1. The number of benzene rings is 2. The SMILES string of the molecule is CN(C)c1ccc([C@@H](CNS(=O)(=O)c2ccc([N+](=O)[O-])cc2)N2CCCC2)cc1. The summed E-state index contributed by atoms with van der Waals surface area (Å²) in [6, 6.07) is 13.0. The third kappa shape index (κ3) is 5.11. The van der Waals surface area contributed by atoms with Gasteiger partial charge in [0.2, 0.25) is 10.0 Å². The highest BCUT2D eigenvalue weighted by Gasteiger charge is 2.26. The lowest BCUT2D eigenvalue weighted by molar-refractivity contribution is -0.384. The molecule has 2 aromatic carbocycles. The van der Waals surface area contributed by atoms with E-state index in [1.165, 1.54) is 24.3 Å². The van der Waals surface area contributed by atoms with Crippen molar-refractivity contribution in [3.8, 4) is 0 Å². The van der Waals surface area contributed by atoms with Crippen LogP contribution in [0.25, 0.3) is 0 Å². The van der Waals surface area contributed by atoms with Gasteiger partial charge >= 0.3 is 0 Å². The summed E-state index contributed by atoms with van der Waals surface area (Å²) >= 11 is 0. The van der Waals surface area contributed by atoms with Crippen LogP contribution in [0.5, 0.6) is 0 Å². The van der Waals surface area contributed by atoms with Crippen molar-refractivity contribution in [2.24, 2.45) is 0 Å². The smallest absolute Gasteiger partial charge is 0.269 e. The van der Waals surface area contributed by atoms with E-state index in [0.29, 0.717) is 0 Å². The highest BCUT2D eigenvalue weighted by Crippen LogP contribution is 2.27. The Labute approximate surface area is 171 Å². The van der Waals surface area contributed by atoms with Crippen LogP contribution < -0.4 is 9.62 Å². The van der Waals surface area contributed by atoms with Crippen LogP contribution >= 0.6 is 0 Å². The van der Waals surface area contributed by atoms with Gasteiger partial charge in [0.25, 0.3) is 5.69 Å². The molecule has 1 aliphatic heterocycles. The first-order valence-electron chi connectivity index (χ1n) is 9.53. The molecule has 1 saturated heterocycles. The average molecular weight is 419 g/mol. The molecule has 0 spiro atoms. The molecule has 2 aromatic rings. The quantitative estimate of drug-likeness (QED) is 0.523. The standard InChI is InChI=1S/C20H26N4O4S/c1-22(2)17-7-5-16(6-8-17)20(23-13-3-4-14-23)15-21-29(27,28)19-11-9-18(10-12-19)24(25)26/h5-12,20-21H,3-4,13-15H2,1-2H3/t20-/m1/s1. The van der Waals surface area contributed by atoms with E-state index < -0.39 is 14.9 Å². The summed E-state index contributed by atoms with van der Waals surface area (Å²) in [5.74, 6) is 0. The Bertz CT molecular complexity index is 937. The molecular formula is C20H26N4O4S. The first-order valence-corrected chi connectivity index (χ1v) is 11.0. The number of nitro benzene ring substituents is 1. The van der Waals surface area contributed by atoms with Crippen LogP contribution in [0.1, 0.15) is 24.4 Å². The molecular weight excluding hydrogens is 392 g/mol. The molecule has 1 N–H and O–H groups in total. The van der Waals surface area contributed by atoms with Crippen molar-refractivity contribution in [1.29, 1.82) is 0 Å². The minimum absolute atomic E-state index is 0.0197. The molecule has 9 heteroatoms. The number of non-ortho nitro benzene ring substituents is 1.